The Hall–Kier alpha value is -0.610. The average Bonchev–Trinajstić information content (AvgIpc) is 2.39. The lowest BCUT2D eigenvalue weighted by atomic mass is 10.1. The topological polar surface area (TPSA) is 55.8 Å². The van der Waals surface area contributed by atoms with Gasteiger partial charge in [-0.15, -0.1) is 0 Å². The fraction of sp³-hybridized carbons (Fsp3) is 0.933. The Morgan fingerprint density at radius 1 is 1.11 bits per heavy atom. The van der Waals surface area contributed by atoms with Gasteiger partial charge in [-0.25, -0.2) is 0 Å². The van der Waals surface area contributed by atoms with Crippen LogP contribution in [0.25, 0.3) is 0 Å². The van der Waals surface area contributed by atoms with Crippen LogP contribution in [0.1, 0.15) is 64.7 Å². The normalized spacial score (nSPS) is 12.5. The first kappa shape index (κ1) is 18.4. The highest BCUT2D eigenvalue weighted by atomic mass is 16.5. The summed E-state index contributed by atoms with van der Waals surface area (Å²) in [4.78, 5) is 10.3. The van der Waals surface area contributed by atoms with Crippen LogP contribution in [0.4, 0.5) is 0 Å². The molecule has 4 heteroatoms. The van der Waals surface area contributed by atoms with Gasteiger partial charge in [0.1, 0.15) is 0 Å². The molecule has 0 bridgehead atoms. The first-order valence-electron chi connectivity index (χ1n) is 7.53. The maximum absolute atomic E-state index is 10.3. The molecular formula is C15H30O4. The van der Waals surface area contributed by atoms with E-state index in [-0.39, 0.29) is 19.1 Å². The maximum atomic E-state index is 10.3. The zero-order valence-electron chi connectivity index (χ0n) is 12.5. The van der Waals surface area contributed by atoms with E-state index in [9.17, 15) is 4.79 Å². The lowest BCUT2D eigenvalue weighted by molar-refractivity contribution is -0.138. The molecule has 0 saturated carbocycles. The first-order valence-corrected chi connectivity index (χ1v) is 7.53. The molecule has 0 amide bonds. The number of methoxy groups -OCH3 is 1. The van der Waals surface area contributed by atoms with Gasteiger partial charge in [0.25, 0.3) is 0 Å². The van der Waals surface area contributed by atoms with Crippen LogP contribution < -0.4 is 0 Å². The number of carboxylic acid groups (broad SMARTS) is 1. The van der Waals surface area contributed by atoms with Crippen molar-refractivity contribution in [3.8, 4) is 0 Å². The molecule has 0 saturated heterocycles. The van der Waals surface area contributed by atoms with Gasteiger partial charge in [0.05, 0.1) is 25.7 Å². The summed E-state index contributed by atoms with van der Waals surface area (Å²) in [6, 6.07) is 0. The van der Waals surface area contributed by atoms with E-state index in [2.05, 4.69) is 6.92 Å². The summed E-state index contributed by atoms with van der Waals surface area (Å²) >= 11 is 0. The molecule has 1 atom stereocenters. The Bertz CT molecular complexity index is 206. The van der Waals surface area contributed by atoms with E-state index in [0.717, 1.165) is 12.8 Å². The molecule has 0 aliphatic rings. The Kier molecular flexibility index (Phi) is 13.4. The number of carbonyl (C=O) groups is 1. The van der Waals surface area contributed by atoms with E-state index < -0.39 is 5.97 Å². The molecule has 0 aliphatic heterocycles. The van der Waals surface area contributed by atoms with Crippen molar-refractivity contribution in [2.24, 2.45) is 0 Å². The summed E-state index contributed by atoms with van der Waals surface area (Å²) in [6.07, 6.45) is 10.2. The highest BCUT2D eigenvalue weighted by Gasteiger charge is 2.07. The SMILES string of the molecule is CCCCCCCCCC(COCCC(=O)O)OC. The standard InChI is InChI=1S/C15H30O4/c1-3-4-5-6-7-8-9-10-14(18-2)13-19-12-11-15(16)17/h14H,3-13H2,1-2H3,(H,16,17). The number of hydrogen-bond acceptors (Lipinski definition) is 3. The minimum Gasteiger partial charge on any atom is -0.481 e. The summed E-state index contributed by atoms with van der Waals surface area (Å²) in [7, 11) is 1.69. The molecule has 0 rings (SSSR count). The molecule has 0 spiro atoms. The minimum atomic E-state index is -0.818. The van der Waals surface area contributed by atoms with Gasteiger partial charge in [-0.2, -0.15) is 0 Å². The zero-order valence-corrected chi connectivity index (χ0v) is 12.5. The van der Waals surface area contributed by atoms with Crippen LogP contribution in [-0.4, -0.2) is 37.5 Å². The Labute approximate surface area is 117 Å². The Morgan fingerprint density at radius 2 is 1.74 bits per heavy atom. The number of hydrogen-bond donors (Lipinski definition) is 1. The van der Waals surface area contributed by atoms with Crippen molar-refractivity contribution in [2.45, 2.75) is 70.8 Å². The molecule has 114 valence electrons. The molecule has 19 heavy (non-hydrogen) atoms. The van der Waals surface area contributed by atoms with Crippen LogP contribution in [0.15, 0.2) is 0 Å². The number of aliphatic carboxylic acids is 1. The predicted molar refractivity (Wildman–Crippen MR) is 76.5 cm³/mol. The van der Waals surface area contributed by atoms with Crippen molar-refractivity contribution < 1.29 is 19.4 Å². The highest BCUT2D eigenvalue weighted by Crippen LogP contribution is 2.11. The van der Waals surface area contributed by atoms with Crippen LogP contribution in [0.5, 0.6) is 0 Å². The van der Waals surface area contributed by atoms with Gasteiger partial charge >= 0.3 is 5.97 Å². The fourth-order valence-corrected chi connectivity index (χ4v) is 1.97. The number of rotatable bonds is 14. The zero-order chi connectivity index (χ0) is 14.3. The van der Waals surface area contributed by atoms with Crippen molar-refractivity contribution in [2.75, 3.05) is 20.3 Å². The smallest absolute Gasteiger partial charge is 0.305 e. The molecule has 4 nitrogen and oxygen atoms in total. The van der Waals surface area contributed by atoms with Crippen LogP contribution >= 0.6 is 0 Å². The largest absolute Gasteiger partial charge is 0.481 e. The van der Waals surface area contributed by atoms with Gasteiger partial charge in [-0.05, 0) is 6.42 Å². The van der Waals surface area contributed by atoms with Gasteiger partial charge < -0.3 is 14.6 Å². The van der Waals surface area contributed by atoms with E-state index in [4.69, 9.17) is 14.6 Å². The predicted octanol–water partition coefficient (Wildman–Crippen LogP) is 3.63. The number of unbranched alkanes of at least 4 members (excludes halogenated alkanes) is 6. The average molecular weight is 274 g/mol. The lowest BCUT2D eigenvalue weighted by Crippen LogP contribution is -2.19. The first-order chi connectivity index (χ1) is 9.20. The minimum absolute atomic E-state index is 0.0634. The molecule has 0 fully saturated rings. The van der Waals surface area contributed by atoms with E-state index in [0.29, 0.717) is 6.61 Å². The monoisotopic (exact) mass is 274 g/mol. The highest BCUT2D eigenvalue weighted by molar-refractivity contribution is 5.66. The number of ether oxygens (including phenoxy) is 2. The van der Waals surface area contributed by atoms with Gasteiger partial charge in [-0.3, -0.25) is 4.79 Å². The van der Waals surface area contributed by atoms with Gasteiger partial charge in [0.2, 0.25) is 0 Å². The third-order valence-electron chi connectivity index (χ3n) is 3.23. The van der Waals surface area contributed by atoms with Crippen LogP contribution in [-0.2, 0) is 14.3 Å². The van der Waals surface area contributed by atoms with Crippen molar-refractivity contribution in [3.05, 3.63) is 0 Å². The number of carboxylic acids is 1. The molecule has 1 N–H and O–H groups in total. The molecule has 0 aromatic heterocycles. The molecule has 0 heterocycles. The quantitative estimate of drug-likeness (QED) is 0.491. The van der Waals surface area contributed by atoms with Crippen LogP contribution in [0.3, 0.4) is 0 Å². The summed E-state index contributed by atoms with van der Waals surface area (Å²) < 4.78 is 10.6. The van der Waals surface area contributed by atoms with Gasteiger partial charge in [0, 0.05) is 7.11 Å². The molecular weight excluding hydrogens is 244 g/mol. The molecule has 0 aromatic carbocycles. The van der Waals surface area contributed by atoms with Crippen LogP contribution in [0, 0.1) is 0 Å². The second-order valence-corrected chi connectivity index (χ2v) is 4.99. The summed E-state index contributed by atoms with van der Waals surface area (Å²) in [5.41, 5.74) is 0. The maximum Gasteiger partial charge on any atom is 0.305 e. The fourth-order valence-electron chi connectivity index (χ4n) is 1.97. The van der Waals surface area contributed by atoms with Crippen molar-refractivity contribution >= 4 is 5.97 Å². The van der Waals surface area contributed by atoms with Crippen molar-refractivity contribution in [1.29, 1.82) is 0 Å². The van der Waals surface area contributed by atoms with E-state index in [1.165, 1.54) is 38.5 Å². The molecule has 0 aromatic rings. The summed E-state index contributed by atoms with van der Waals surface area (Å²) in [5.74, 6) is -0.818. The van der Waals surface area contributed by atoms with E-state index >= 15 is 0 Å². The molecule has 0 radical (unpaired) electrons. The van der Waals surface area contributed by atoms with Gasteiger partial charge in [-0.1, -0.05) is 51.9 Å². The second-order valence-electron chi connectivity index (χ2n) is 4.99. The Morgan fingerprint density at radius 3 is 2.32 bits per heavy atom. The summed E-state index contributed by atoms with van der Waals surface area (Å²) in [6.45, 7) is 3.00. The lowest BCUT2D eigenvalue weighted by Gasteiger charge is -2.15. The van der Waals surface area contributed by atoms with Crippen molar-refractivity contribution in [3.63, 3.8) is 0 Å². The van der Waals surface area contributed by atoms with Gasteiger partial charge in [0.15, 0.2) is 0 Å². The third-order valence-corrected chi connectivity index (χ3v) is 3.23. The van der Waals surface area contributed by atoms with Crippen molar-refractivity contribution in [1.82, 2.24) is 0 Å². The molecule has 1 unspecified atom stereocenters. The van der Waals surface area contributed by atoms with E-state index in [1.807, 2.05) is 0 Å². The van der Waals surface area contributed by atoms with E-state index in [1.54, 1.807) is 7.11 Å². The summed E-state index contributed by atoms with van der Waals surface area (Å²) in [5, 5.41) is 8.49. The Balaban J connectivity index is 3.36. The second kappa shape index (κ2) is 13.8. The third kappa shape index (κ3) is 13.6. The van der Waals surface area contributed by atoms with Crippen LogP contribution in [0.2, 0.25) is 0 Å². The molecule has 0 aliphatic carbocycles.